The fourth-order valence-electron chi connectivity index (χ4n) is 4.41. The van der Waals surface area contributed by atoms with E-state index in [9.17, 15) is 13.2 Å². The topological polar surface area (TPSA) is 97.4 Å². The van der Waals surface area contributed by atoms with Crippen molar-refractivity contribution in [1.29, 1.82) is 0 Å². The molecule has 10 heteroatoms. The third kappa shape index (κ3) is 5.95. The molecule has 2 aromatic rings. The van der Waals surface area contributed by atoms with Crippen LogP contribution in [0, 0.1) is 13.8 Å². The number of hydrogen-bond acceptors (Lipinski definition) is 6. The quantitative estimate of drug-likeness (QED) is 0.624. The molecular formula is C25H33N3O6S. The maximum atomic E-state index is 13.2. The molecule has 2 saturated heterocycles. The average Bonchev–Trinajstić information content (AvgIpc) is 3.23. The van der Waals surface area contributed by atoms with Crippen LogP contribution in [0.2, 0.25) is 0 Å². The van der Waals surface area contributed by atoms with Gasteiger partial charge in [0, 0.05) is 31.8 Å². The zero-order chi connectivity index (χ0) is 25.2. The zero-order valence-electron chi connectivity index (χ0n) is 20.6. The second-order valence-electron chi connectivity index (χ2n) is 9.13. The maximum Gasteiger partial charge on any atom is 0.301 e. The number of anilines is 1. The van der Waals surface area contributed by atoms with Crippen LogP contribution >= 0.6 is 0 Å². The standard InChI is InChI=1S/C25H33N3O6S/c1-17-8-9-18(2)22(12-17)25(29)27-15-23(32-4)24(16-27)34-21-7-5-6-20(13-21)26-35(30,31)28-10-11-33-19(3)14-28/h5-9,12-13,19,23-24,26H,10-11,14-16H2,1-4H3/t19?,23-,24-/m1/s1. The van der Waals surface area contributed by atoms with Crippen LogP contribution in [0.25, 0.3) is 0 Å². The van der Waals surface area contributed by atoms with E-state index in [1.807, 2.05) is 39.0 Å². The lowest BCUT2D eigenvalue weighted by Crippen LogP contribution is -2.46. The van der Waals surface area contributed by atoms with Crippen molar-refractivity contribution in [3.63, 3.8) is 0 Å². The molecule has 1 unspecified atom stereocenters. The number of likely N-dealkylation sites (tertiary alicyclic amines) is 1. The van der Waals surface area contributed by atoms with Crippen molar-refractivity contribution in [2.24, 2.45) is 0 Å². The first kappa shape index (κ1) is 25.4. The van der Waals surface area contributed by atoms with E-state index in [-0.39, 0.29) is 24.2 Å². The highest BCUT2D eigenvalue weighted by atomic mass is 32.2. The molecule has 2 heterocycles. The van der Waals surface area contributed by atoms with Crippen molar-refractivity contribution in [3.05, 3.63) is 59.2 Å². The minimum absolute atomic E-state index is 0.0550. The highest BCUT2D eigenvalue weighted by Gasteiger charge is 2.38. The Hall–Kier alpha value is -2.66. The molecule has 1 amide bonds. The zero-order valence-corrected chi connectivity index (χ0v) is 21.4. The number of carbonyl (C=O) groups is 1. The summed E-state index contributed by atoms with van der Waals surface area (Å²) in [6, 6.07) is 12.6. The van der Waals surface area contributed by atoms with E-state index in [1.165, 1.54) is 4.31 Å². The Morgan fingerprint density at radius 1 is 1.09 bits per heavy atom. The number of nitrogens with one attached hydrogen (secondary N) is 1. The van der Waals surface area contributed by atoms with Crippen LogP contribution in [0.5, 0.6) is 5.75 Å². The molecular weight excluding hydrogens is 470 g/mol. The second-order valence-corrected chi connectivity index (χ2v) is 10.8. The summed E-state index contributed by atoms with van der Waals surface area (Å²) in [5.74, 6) is 0.439. The Morgan fingerprint density at radius 2 is 1.86 bits per heavy atom. The monoisotopic (exact) mass is 503 g/mol. The van der Waals surface area contributed by atoms with Gasteiger partial charge in [-0.15, -0.1) is 0 Å². The van der Waals surface area contributed by atoms with Crippen LogP contribution in [0.4, 0.5) is 5.69 Å². The number of hydrogen-bond donors (Lipinski definition) is 1. The van der Waals surface area contributed by atoms with Gasteiger partial charge in [0.25, 0.3) is 5.91 Å². The third-order valence-corrected chi connectivity index (χ3v) is 7.85. The van der Waals surface area contributed by atoms with Gasteiger partial charge in [-0.05, 0) is 44.5 Å². The van der Waals surface area contributed by atoms with Gasteiger partial charge in [-0.2, -0.15) is 12.7 Å². The summed E-state index contributed by atoms with van der Waals surface area (Å²) in [6.07, 6.45) is -0.849. The molecule has 4 rings (SSSR count). The molecule has 1 N–H and O–H groups in total. The minimum atomic E-state index is -3.72. The molecule has 0 spiro atoms. The number of nitrogens with zero attached hydrogens (tertiary/aromatic N) is 2. The van der Waals surface area contributed by atoms with Crippen molar-refractivity contribution in [2.45, 2.75) is 39.1 Å². The molecule has 0 radical (unpaired) electrons. The molecule has 3 atom stereocenters. The lowest BCUT2D eigenvalue weighted by molar-refractivity contribution is 0.0104. The Morgan fingerprint density at radius 3 is 2.60 bits per heavy atom. The number of methoxy groups -OCH3 is 1. The van der Waals surface area contributed by atoms with Crippen LogP contribution in [-0.4, -0.2) is 81.7 Å². The minimum Gasteiger partial charge on any atom is -0.486 e. The first-order chi connectivity index (χ1) is 16.7. The lowest BCUT2D eigenvalue weighted by Gasteiger charge is -2.30. The van der Waals surface area contributed by atoms with Crippen LogP contribution in [-0.2, 0) is 19.7 Å². The Kier molecular flexibility index (Phi) is 7.65. The number of benzene rings is 2. The van der Waals surface area contributed by atoms with Crippen molar-refractivity contribution < 1.29 is 27.4 Å². The molecule has 0 aliphatic carbocycles. The molecule has 0 aromatic heterocycles. The Balaban J connectivity index is 1.44. The molecule has 2 aliphatic heterocycles. The fraction of sp³-hybridized carbons (Fsp3) is 0.480. The molecule has 0 saturated carbocycles. The SMILES string of the molecule is CO[C@@H]1CN(C(=O)c2cc(C)ccc2C)C[C@H]1Oc1cccc(NS(=O)(=O)N2CCOC(C)C2)c1. The second kappa shape index (κ2) is 10.5. The van der Waals surface area contributed by atoms with Gasteiger partial charge in [0.05, 0.1) is 31.5 Å². The van der Waals surface area contributed by atoms with Crippen LogP contribution in [0.15, 0.2) is 42.5 Å². The molecule has 35 heavy (non-hydrogen) atoms. The van der Waals surface area contributed by atoms with Crippen LogP contribution < -0.4 is 9.46 Å². The molecule has 190 valence electrons. The van der Waals surface area contributed by atoms with Gasteiger partial charge in [0.2, 0.25) is 0 Å². The molecule has 0 bridgehead atoms. The normalized spacial score (nSPS) is 23.3. The first-order valence-corrected chi connectivity index (χ1v) is 13.2. The van der Waals surface area contributed by atoms with Gasteiger partial charge in [-0.25, -0.2) is 0 Å². The van der Waals surface area contributed by atoms with Crippen LogP contribution in [0.1, 0.15) is 28.4 Å². The summed E-state index contributed by atoms with van der Waals surface area (Å²) in [4.78, 5) is 14.9. The number of aryl methyl sites for hydroxylation is 2. The molecule has 2 fully saturated rings. The van der Waals surface area contributed by atoms with Gasteiger partial charge in [-0.1, -0.05) is 23.8 Å². The highest BCUT2D eigenvalue weighted by Crippen LogP contribution is 2.26. The summed E-state index contributed by atoms with van der Waals surface area (Å²) in [5, 5.41) is 0. The number of amides is 1. The summed E-state index contributed by atoms with van der Waals surface area (Å²) in [5.41, 5.74) is 3.03. The van der Waals surface area contributed by atoms with Gasteiger partial charge < -0.3 is 19.1 Å². The van der Waals surface area contributed by atoms with Crippen molar-refractivity contribution >= 4 is 21.8 Å². The summed E-state index contributed by atoms with van der Waals surface area (Å²) in [6.45, 7) is 7.48. The summed E-state index contributed by atoms with van der Waals surface area (Å²) >= 11 is 0. The Bertz CT molecular complexity index is 1170. The average molecular weight is 504 g/mol. The smallest absolute Gasteiger partial charge is 0.301 e. The summed E-state index contributed by atoms with van der Waals surface area (Å²) in [7, 11) is -2.12. The maximum absolute atomic E-state index is 13.2. The van der Waals surface area contributed by atoms with Gasteiger partial charge in [0.1, 0.15) is 18.0 Å². The van der Waals surface area contributed by atoms with Gasteiger partial charge >= 0.3 is 10.2 Å². The highest BCUT2D eigenvalue weighted by molar-refractivity contribution is 7.90. The van der Waals surface area contributed by atoms with E-state index in [0.717, 1.165) is 11.1 Å². The Labute approximate surface area is 207 Å². The van der Waals surface area contributed by atoms with Crippen molar-refractivity contribution in [2.75, 3.05) is 44.6 Å². The first-order valence-electron chi connectivity index (χ1n) is 11.7. The third-order valence-electron chi connectivity index (χ3n) is 6.34. The number of carbonyl (C=O) groups excluding carboxylic acids is 1. The van der Waals surface area contributed by atoms with E-state index in [0.29, 0.717) is 49.8 Å². The van der Waals surface area contributed by atoms with Gasteiger partial charge in [-0.3, -0.25) is 9.52 Å². The lowest BCUT2D eigenvalue weighted by atomic mass is 10.0. The number of ether oxygens (including phenoxy) is 3. The van der Waals surface area contributed by atoms with E-state index in [2.05, 4.69) is 4.72 Å². The molecule has 9 nitrogen and oxygen atoms in total. The fourth-order valence-corrected chi connectivity index (χ4v) is 5.69. The predicted molar refractivity (Wildman–Crippen MR) is 133 cm³/mol. The molecule has 2 aromatic carbocycles. The number of morpholine rings is 1. The number of rotatable bonds is 7. The van der Waals surface area contributed by atoms with E-state index in [1.54, 1.807) is 36.3 Å². The van der Waals surface area contributed by atoms with E-state index >= 15 is 0 Å². The predicted octanol–water partition coefficient (Wildman–Crippen LogP) is 2.60. The van der Waals surface area contributed by atoms with Gasteiger partial charge in [0.15, 0.2) is 0 Å². The van der Waals surface area contributed by atoms with Crippen molar-refractivity contribution in [3.8, 4) is 5.75 Å². The van der Waals surface area contributed by atoms with Crippen molar-refractivity contribution in [1.82, 2.24) is 9.21 Å². The largest absolute Gasteiger partial charge is 0.486 e. The van der Waals surface area contributed by atoms with E-state index in [4.69, 9.17) is 14.2 Å². The molecule has 2 aliphatic rings. The van der Waals surface area contributed by atoms with E-state index < -0.39 is 10.2 Å². The van der Waals surface area contributed by atoms with Crippen LogP contribution in [0.3, 0.4) is 0 Å². The summed E-state index contributed by atoms with van der Waals surface area (Å²) < 4.78 is 46.9.